The molecule has 1 heterocycles. The Bertz CT molecular complexity index is 305. The van der Waals surface area contributed by atoms with Gasteiger partial charge < -0.3 is 9.84 Å². The Morgan fingerprint density at radius 2 is 1.94 bits per heavy atom. The van der Waals surface area contributed by atoms with Gasteiger partial charge in [-0.3, -0.25) is 0 Å². The lowest BCUT2D eigenvalue weighted by molar-refractivity contribution is -0.175. The Kier molecular flexibility index (Phi) is 4.63. The van der Waals surface area contributed by atoms with Crippen LogP contribution in [-0.2, 0) is 4.74 Å². The van der Waals surface area contributed by atoms with E-state index in [0.717, 1.165) is 0 Å². The van der Waals surface area contributed by atoms with Gasteiger partial charge >= 0.3 is 6.18 Å². The van der Waals surface area contributed by atoms with Gasteiger partial charge in [0, 0.05) is 31.0 Å². The van der Waals surface area contributed by atoms with Gasteiger partial charge in [0.1, 0.15) is 12.9 Å². The van der Waals surface area contributed by atoms with Gasteiger partial charge in [-0.1, -0.05) is 0 Å². The molecule has 0 fully saturated rings. The molecule has 0 amide bonds. The van der Waals surface area contributed by atoms with E-state index in [-0.39, 0.29) is 13.0 Å². The first-order valence-electron chi connectivity index (χ1n) is 4.56. The van der Waals surface area contributed by atoms with E-state index in [4.69, 9.17) is 0 Å². The topological polar surface area (TPSA) is 55.2 Å². The second-order valence-corrected chi connectivity index (χ2v) is 3.14. The highest BCUT2D eigenvalue weighted by atomic mass is 19.4. The van der Waals surface area contributed by atoms with Crippen LogP contribution >= 0.6 is 0 Å². The molecule has 16 heavy (non-hydrogen) atoms. The second kappa shape index (κ2) is 5.76. The summed E-state index contributed by atoms with van der Waals surface area (Å²) in [6.07, 6.45) is -1.06. The molecule has 7 heteroatoms. The summed E-state index contributed by atoms with van der Waals surface area (Å²) in [6.45, 7) is -1.47. The summed E-state index contributed by atoms with van der Waals surface area (Å²) < 4.78 is 39.5. The van der Waals surface area contributed by atoms with Crippen molar-refractivity contribution < 1.29 is 23.0 Å². The van der Waals surface area contributed by atoms with Crippen molar-refractivity contribution in [1.82, 2.24) is 9.97 Å². The first-order valence-corrected chi connectivity index (χ1v) is 4.56. The van der Waals surface area contributed by atoms with Crippen LogP contribution in [0.3, 0.4) is 0 Å². The number of aliphatic hydroxyl groups excluding tert-OH is 1. The van der Waals surface area contributed by atoms with Gasteiger partial charge in [-0.05, 0) is 0 Å². The van der Waals surface area contributed by atoms with Crippen LogP contribution in [0.1, 0.15) is 18.1 Å². The van der Waals surface area contributed by atoms with Crippen molar-refractivity contribution in [1.29, 1.82) is 0 Å². The molecular formula is C9H11F3N2O2. The maximum Gasteiger partial charge on any atom is 0.411 e. The molecule has 1 N–H and O–H groups in total. The van der Waals surface area contributed by atoms with Crippen LogP contribution in [-0.4, -0.2) is 34.5 Å². The van der Waals surface area contributed by atoms with Crippen LogP contribution in [0, 0.1) is 0 Å². The lowest BCUT2D eigenvalue weighted by Crippen LogP contribution is -2.18. The van der Waals surface area contributed by atoms with Crippen LogP contribution in [0.4, 0.5) is 13.2 Å². The molecule has 90 valence electrons. The van der Waals surface area contributed by atoms with Crippen molar-refractivity contribution in [3.05, 3.63) is 24.3 Å². The smallest absolute Gasteiger partial charge is 0.388 e. The molecular weight excluding hydrogens is 225 g/mol. The average molecular weight is 236 g/mol. The highest BCUT2D eigenvalue weighted by molar-refractivity contribution is 5.05. The summed E-state index contributed by atoms with van der Waals surface area (Å²) in [6, 6.07) is 0. The first kappa shape index (κ1) is 12.9. The standard InChI is InChI=1S/C9H11F3N2O2/c10-9(11,12)5-16-2-1-8(15)7-3-13-6-14-4-7/h3-4,6,8,15H,1-2,5H2. The number of halogens is 3. The van der Waals surface area contributed by atoms with E-state index in [1.165, 1.54) is 18.7 Å². The van der Waals surface area contributed by atoms with Crippen LogP contribution in [0.2, 0.25) is 0 Å². The monoisotopic (exact) mass is 236 g/mol. The Morgan fingerprint density at radius 1 is 1.31 bits per heavy atom. The Balaban J connectivity index is 2.24. The third kappa shape index (κ3) is 5.04. The normalized spacial score (nSPS) is 13.8. The molecule has 1 unspecified atom stereocenters. The van der Waals surface area contributed by atoms with Crippen LogP contribution in [0.5, 0.6) is 0 Å². The number of nitrogens with zero attached hydrogens (tertiary/aromatic N) is 2. The van der Waals surface area contributed by atoms with Crippen molar-refractivity contribution in [3.63, 3.8) is 0 Å². The molecule has 1 aromatic heterocycles. The number of aromatic nitrogens is 2. The number of hydrogen-bond donors (Lipinski definition) is 1. The van der Waals surface area contributed by atoms with Gasteiger partial charge in [0.25, 0.3) is 0 Å². The largest absolute Gasteiger partial charge is 0.411 e. The lowest BCUT2D eigenvalue weighted by Gasteiger charge is -2.11. The molecule has 0 bridgehead atoms. The van der Waals surface area contributed by atoms with Gasteiger partial charge in [-0.2, -0.15) is 13.2 Å². The van der Waals surface area contributed by atoms with Gasteiger partial charge in [-0.25, -0.2) is 9.97 Å². The second-order valence-electron chi connectivity index (χ2n) is 3.14. The van der Waals surface area contributed by atoms with E-state index in [1.54, 1.807) is 0 Å². The minimum absolute atomic E-state index is 0.0729. The molecule has 1 aromatic rings. The molecule has 0 aliphatic carbocycles. The van der Waals surface area contributed by atoms with Crippen LogP contribution in [0.25, 0.3) is 0 Å². The summed E-state index contributed by atoms with van der Waals surface area (Å²) in [5.41, 5.74) is 0.457. The summed E-state index contributed by atoms with van der Waals surface area (Å²) in [5.74, 6) is 0. The number of aliphatic hydroxyl groups is 1. The van der Waals surface area contributed by atoms with Gasteiger partial charge in [0.2, 0.25) is 0 Å². The van der Waals surface area contributed by atoms with Crippen LogP contribution in [0.15, 0.2) is 18.7 Å². The fourth-order valence-corrected chi connectivity index (χ4v) is 1.03. The van der Waals surface area contributed by atoms with E-state index >= 15 is 0 Å². The molecule has 0 aliphatic heterocycles. The maximum atomic E-state index is 11.7. The average Bonchev–Trinajstić information content (AvgIpc) is 2.24. The molecule has 0 radical (unpaired) electrons. The van der Waals surface area contributed by atoms with E-state index in [0.29, 0.717) is 5.56 Å². The molecule has 0 saturated heterocycles. The lowest BCUT2D eigenvalue weighted by atomic mass is 10.1. The molecule has 0 spiro atoms. The first-order chi connectivity index (χ1) is 7.49. The Hall–Kier alpha value is -1.21. The number of alkyl halides is 3. The van der Waals surface area contributed by atoms with Crippen molar-refractivity contribution in [2.45, 2.75) is 18.7 Å². The zero-order chi connectivity index (χ0) is 12.0. The van der Waals surface area contributed by atoms with E-state index in [2.05, 4.69) is 14.7 Å². The highest BCUT2D eigenvalue weighted by Crippen LogP contribution is 2.17. The summed E-state index contributed by atoms with van der Waals surface area (Å²) in [4.78, 5) is 7.36. The van der Waals surface area contributed by atoms with Gasteiger partial charge in [-0.15, -0.1) is 0 Å². The van der Waals surface area contributed by atoms with Crippen molar-refractivity contribution >= 4 is 0 Å². The fraction of sp³-hybridized carbons (Fsp3) is 0.556. The molecule has 0 saturated carbocycles. The molecule has 1 atom stereocenters. The van der Waals surface area contributed by atoms with E-state index < -0.39 is 18.9 Å². The maximum absolute atomic E-state index is 11.7. The minimum atomic E-state index is -4.33. The van der Waals surface area contributed by atoms with Crippen molar-refractivity contribution in [3.8, 4) is 0 Å². The summed E-state index contributed by atoms with van der Waals surface area (Å²) >= 11 is 0. The molecule has 4 nitrogen and oxygen atoms in total. The minimum Gasteiger partial charge on any atom is -0.388 e. The van der Waals surface area contributed by atoms with Gasteiger partial charge in [0.05, 0.1) is 6.10 Å². The number of hydrogen-bond acceptors (Lipinski definition) is 4. The number of rotatable bonds is 5. The van der Waals surface area contributed by atoms with Crippen LogP contribution < -0.4 is 0 Å². The fourth-order valence-electron chi connectivity index (χ4n) is 1.03. The van der Waals surface area contributed by atoms with E-state index in [1.807, 2.05) is 0 Å². The third-order valence-corrected chi connectivity index (χ3v) is 1.77. The summed E-state index contributed by atoms with van der Waals surface area (Å²) in [5, 5.41) is 9.51. The Labute approximate surface area is 90.1 Å². The Morgan fingerprint density at radius 3 is 2.50 bits per heavy atom. The zero-order valence-corrected chi connectivity index (χ0v) is 8.31. The highest BCUT2D eigenvalue weighted by Gasteiger charge is 2.27. The summed E-state index contributed by atoms with van der Waals surface area (Å²) in [7, 11) is 0. The third-order valence-electron chi connectivity index (χ3n) is 1.77. The molecule has 0 aliphatic rings. The van der Waals surface area contributed by atoms with Gasteiger partial charge in [0.15, 0.2) is 0 Å². The van der Waals surface area contributed by atoms with E-state index in [9.17, 15) is 18.3 Å². The quantitative estimate of drug-likeness (QED) is 0.787. The number of ether oxygens (including phenoxy) is 1. The zero-order valence-electron chi connectivity index (χ0n) is 8.31. The van der Waals surface area contributed by atoms with Crippen molar-refractivity contribution in [2.75, 3.05) is 13.2 Å². The SMILES string of the molecule is OC(CCOCC(F)(F)F)c1cncnc1. The molecule has 1 rings (SSSR count). The predicted molar refractivity (Wildman–Crippen MR) is 48.5 cm³/mol. The van der Waals surface area contributed by atoms with Crippen molar-refractivity contribution in [2.24, 2.45) is 0 Å². The predicted octanol–water partition coefficient (Wildman–Crippen LogP) is 1.48. The molecule has 0 aromatic carbocycles.